The van der Waals surface area contributed by atoms with E-state index in [-0.39, 0.29) is 0 Å². The lowest BCUT2D eigenvalue weighted by Gasteiger charge is -1.93. The number of rotatable bonds is 0. The van der Waals surface area contributed by atoms with Crippen molar-refractivity contribution in [1.82, 2.24) is 5.32 Å². The molecule has 0 aliphatic carbocycles. The molecule has 1 fully saturated rings. The van der Waals surface area contributed by atoms with Crippen molar-refractivity contribution in [3.63, 3.8) is 0 Å². The van der Waals surface area contributed by atoms with Crippen LogP contribution < -0.4 is 5.32 Å². The van der Waals surface area contributed by atoms with Gasteiger partial charge >= 0.3 is 0 Å². The van der Waals surface area contributed by atoms with Gasteiger partial charge in [0.25, 0.3) is 0 Å². The molecule has 1 aliphatic heterocycles. The minimum atomic E-state index is 0.759. The predicted molar refractivity (Wildman–Crippen MR) is 29.9 cm³/mol. The number of thioether (sulfide) groups is 1. The monoisotopic (exact) mass is 103 g/mol. The van der Waals surface area contributed by atoms with Gasteiger partial charge in [-0.3, -0.25) is 0 Å². The quantitative estimate of drug-likeness (QED) is 0.483. The maximum Gasteiger partial charge on any atom is 0.0420 e. The third kappa shape index (κ3) is 0.884. The third-order valence-electron chi connectivity index (χ3n) is 0.902. The molecular formula is C4H9NS. The summed E-state index contributed by atoms with van der Waals surface area (Å²) >= 11 is 1.97. The molecule has 0 aromatic rings. The predicted octanol–water partition coefficient (Wildman–Crippen LogP) is 0.669. The van der Waals surface area contributed by atoms with E-state index < -0.39 is 0 Å². The van der Waals surface area contributed by atoms with Gasteiger partial charge in [0, 0.05) is 17.7 Å². The summed E-state index contributed by atoms with van der Waals surface area (Å²) in [5.41, 5.74) is 0. The standard InChI is InChI=1S/C4H9NS/c1-4-2-6-3-5-4/h4-5H,2-3H2,1H3/t4-/m1/s1. The van der Waals surface area contributed by atoms with E-state index in [1.54, 1.807) is 0 Å². The molecule has 36 valence electrons. The highest BCUT2D eigenvalue weighted by Crippen LogP contribution is 2.07. The van der Waals surface area contributed by atoms with Crippen molar-refractivity contribution < 1.29 is 0 Å². The summed E-state index contributed by atoms with van der Waals surface area (Å²) in [5.74, 6) is 2.45. The SMILES string of the molecule is C[C@@H]1CSCN1. The lowest BCUT2D eigenvalue weighted by atomic mass is 10.4. The molecular weight excluding hydrogens is 94.1 g/mol. The van der Waals surface area contributed by atoms with Gasteiger partial charge in [-0.1, -0.05) is 0 Å². The Hall–Kier alpha value is 0.310. The summed E-state index contributed by atoms with van der Waals surface area (Å²) < 4.78 is 0. The molecule has 1 atom stereocenters. The van der Waals surface area contributed by atoms with Crippen LogP contribution in [-0.4, -0.2) is 17.7 Å². The van der Waals surface area contributed by atoms with Crippen LogP contribution in [0.3, 0.4) is 0 Å². The fraction of sp³-hybridized carbons (Fsp3) is 1.00. The van der Waals surface area contributed by atoms with E-state index >= 15 is 0 Å². The maximum absolute atomic E-state index is 3.28. The maximum atomic E-state index is 3.28. The summed E-state index contributed by atoms with van der Waals surface area (Å²) in [4.78, 5) is 0. The lowest BCUT2D eigenvalue weighted by molar-refractivity contribution is 0.692. The Morgan fingerprint density at radius 2 is 2.67 bits per heavy atom. The molecule has 1 aliphatic rings. The van der Waals surface area contributed by atoms with Gasteiger partial charge in [-0.25, -0.2) is 0 Å². The Morgan fingerprint density at radius 3 is 2.83 bits per heavy atom. The Bertz CT molecular complexity index is 40.8. The largest absolute Gasteiger partial charge is 0.305 e. The van der Waals surface area contributed by atoms with E-state index in [4.69, 9.17) is 0 Å². The molecule has 0 aromatic heterocycles. The second-order valence-electron chi connectivity index (χ2n) is 1.62. The first kappa shape index (κ1) is 4.47. The highest BCUT2D eigenvalue weighted by molar-refractivity contribution is 7.99. The van der Waals surface area contributed by atoms with E-state index in [2.05, 4.69) is 12.2 Å². The smallest absolute Gasteiger partial charge is 0.0420 e. The first-order valence-electron chi connectivity index (χ1n) is 2.21. The van der Waals surface area contributed by atoms with Crippen molar-refractivity contribution in [1.29, 1.82) is 0 Å². The van der Waals surface area contributed by atoms with Crippen LogP contribution in [0.5, 0.6) is 0 Å². The van der Waals surface area contributed by atoms with Crippen LogP contribution in [-0.2, 0) is 0 Å². The zero-order valence-corrected chi connectivity index (χ0v) is 4.72. The molecule has 0 bridgehead atoms. The molecule has 0 unspecified atom stereocenters. The molecule has 2 heteroatoms. The van der Waals surface area contributed by atoms with Gasteiger partial charge in [0.1, 0.15) is 0 Å². The molecule has 0 spiro atoms. The van der Waals surface area contributed by atoms with E-state index in [9.17, 15) is 0 Å². The Kier molecular flexibility index (Phi) is 1.37. The normalized spacial score (nSPS) is 34.5. The molecule has 1 heterocycles. The van der Waals surface area contributed by atoms with Crippen molar-refractivity contribution in [3.05, 3.63) is 0 Å². The van der Waals surface area contributed by atoms with Crippen LogP contribution in [0.25, 0.3) is 0 Å². The number of nitrogens with one attached hydrogen (secondary N) is 1. The molecule has 0 saturated carbocycles. The van der Waals surface area contributed by atoms with Gasteiger partial charge in [-0.15, -0.1) is 11.8 Å². The van der Waals surface area contributed by atoms with Crippen LogP contribution in [0.15, 0.2) is 0 Å². The minimum Gasteiger partial charge on any atom is -0.305 e. The zero-order valence-electron chi connectivity index (χ0n) is 3.90. The van der Waals surface area contributed by atoms with Gasteiger partial charge in [0.15, 0.2) is 0 Å². The molecule has 0 amide bonds. The van der Waals surface area contributed by atoms with E-state index in [0.717, 1.165) is 11.9 Å². The summed E-state index contributed by atoms with van der Waals surface area (Å²) in [5, 5.41) is 3.28. The second kappa shape index (κ2) is 1.85. The Labute approximate surface area is 42.5 Å². The van der Waals surface area contributed by atoms with Gasteiger partial charge in [0.2, 0.25) is 0 Å². The summed E-state index contributed by atoms with van der Waals surface area (Å²) in [7, 11) is 0. The van der Waals surface area contributed by atoms with Gasteiger partial charge < -0.3 is 5.32 Å². The van der Waals surface area contributed by atoms with E-state index in [0.29, 0.717) is 0 Å². The van der Waals surface area contributed by atoms with Crippen LogP contribution in [0.2, 0.25) is 0 Å². The average molecular weight is 103 g/mol. The van der Waals surface area contributed by atoms with Crippen LogP contribution in [0.4, 0.5) is 0 Å². The fourth-order valence-corrected chi connectivity index (χ4v) is 1.49. The molecule has 0 aromatic carbocycles. The van der Waals surface area contributed by atoms with Crippen molar-refractivity contribution in [2.45, 2.75) is 13.0 Å². The number of hydrogen-bond donors (Lipinski definition) is 1. The zero-order chi connectivity index (χ0) is 4.41. The van der Waals surface area contributed by atoms with Crippen LogP contribution >= 0.6 is 11.8 Å². The van der Waals surface area contributed by atoms with E-state index in [1.165, 1.54) is 5.75 Å². The first-order chi connectivity index (χ1) is 2.89. The van der Waals surface area contributed by atoms with Crippen LogP contribution in [0.1, 0.15) is 6.92 Å². The van der Waals surface area contributed by atoms with Gasteiger partial charge in [-0.2, -0.15) is 0 Å². The molecule has 1 N–H and O–H groups in total. The summed E-state index contributed by atoms with van der Waals surface area (Å²) in [6.07, 6.45) is 0. The molecule has 1 rings (SSSR count). The van der Waals surface area contributed by atoms with E-state index in [1.807, 2.05) is 11.8 Å². The van der Waals surface area contributed by atoms with Crippen molar-refractivity contribution >= 4 is 11.8 Å². The highest BCUT2D eigenvalue weighted by Gasteiger charge is 2.05. The molecule has 1 saturated heterocycles. The lowest BCUT2D eigenvalue weighted by Crippen LogP contribution is -2.18. The van der Waals surface area contributed by atoms with Gasteiger partial charge in [0.05, 0.1) is 0 Å². The average Bonchev–Trinajstić information content (AvgIpc) is 1.86. The topological polar surface area (TPSA) is 12.0 Å². The summed E-state index contributed by atoms with van der Waals surface area (Å²) in [6, 6.07) is 0.759. The molecule has 6 heavy (non-hydrogen) atoms. The third-order valence-corrected chi connectivity index (χ3v) is 2.01. The highest BCUT2D eigenvalue weighted by atomic mass is 32.2. The Morgan fingerprint density at radius 1 is 1.83 bits per heavy atom. The van der Waals surface area contributed by atoms with Crippen molar-refractivity contribution in [3.8, 4) is 0 Å². The summed E-state index contributed by atoms with van der Waals surface area (Å²) in [6.45, 7) is 2.21. The van der Waals surface area contributed by atoms with Crippen LogP contribution in [0, 0.1) is 0 Å². The molecule has 1 nitrogen and oxygen atoms in total. The Balaban J connectivity index is 2.18. The first-order valence-corrected chi connectivity index (χ1v) is 3.36. The van der Waals surface area contributed by atoms with Crippen molar-refractivity contribution in [2.24, 2.45) is 0 Å². The minimum absolute atomic E-state index is 0.759. The number of hydrogen-bond acceptors (Lipinski definition) is 2. The van der Waals surface area contributed by atoms with Gasteiger partial charge in [-0.05, 0) is 6.92 Å². The second-order valence-corrected chi connectivity index (χ2v) is 2.65. The fourth-order valence-electron chi connectivity index (χ4n) is 0.496. The molecule has 0 radical (unpaired) electrons. The van der Waals surface area contributed by atoms with Crippen molar-refractivity contribution in [2.75, 3.05) is 11.6 Å².